The van der Waals surface area contributed by atoms with Crippen LogP contribution in [0, 0.1) is 5.41 Å². The molecule has 0 saturated heterocycles. The molecule has 1 unspecified atom stereocenters. The van der Waals surface area contributed by atoms with Crippen molar-refractivity contribution in [2.24, 2.45) is 5.41 Å². The molecule has 1 spiro atoms. The van der Waals surface area contributed by atoms with Crippen LogP contribution in [-0.2, 0) is 44.7 Å². The molecule has 4 rings (SSSR count). The molecular formula is C25H24O4. The van der Waals surface area contributed by atoms with Crippen LogP contribution in [-0.4, -0.2) is 26.2 Å². The Morgan fingerprint density at radius 2 is 1.14 bits per heavy atom. The van der Waals surface area contributed by atoms with Crippen LogP contribution < -0.4 is 0 Å². The Hall–Kier alpha value is -3.14. The maximum atomic E-state index is 11.3. The van der Waals surface area contributed by atoms with E-state index in [1.165, 1.54) is 48.6 Å². The van der Waals surface area contributed by atoms with Gasteiger partial charge in [0.2, 0.25) is 0 Å². The number of ether oxygens (including phenoxy) is 2. The van der Waals surface area contributed by atoms with Crippen LogP contribution in [0.4, 0.5) is 0 Å². The maximum Gasteiger partial charge on any atom is 0.330 e. The first-order valence-corrected chi connectivity index (χ1v) is 9.76. The molecule has 2 aromatic rings. The van der Waals surface area contributed by atoms with E-state index in [4.69, 9.17) is 0 Å². The predicted octanol–water partition coefficient (Wildman–Crippen LogP) is 3.94. The summed E-state index contributed by atoms with van der Waals surface area (Å²) >= 11 is 0. The minimum Gasteiger partial charge on any atom is -0.466 e. The summed E-state index contributed by atoms with van der Waals surface area (Å²) in [6.07, 6.45) is 10.8. The van der Waals surface area contributed by atoms with Crippen molar-refractivity contribution in [3.05, 3.63) is 81.9 Å². The van der Waals surface area contributed by atoms with Gasteiger partial charge in [-0.2, -0.15) is 0 Å². The molecule has 148 valence electrons. The maximum absolute atomic E-state index is 11.3. The summed E-state index contributed by atoms with van der Waals surface area (Å²) in [6, 6.07) is 12.9. The zero-order valence-electron chi connectivity index (χ0n) is 16.7. The molecule has 1 atom stereocenters. The van der Waals surface area contributed by atoms with Crippen LogP contribution >= 0.6 is 0 Å². The summed E-state index contributed by atoms with van der Waals surface area (Å²) in [6.45, 7) is 0. The molecule has 0 fully saturated rings. The van der Waals surface area contributed by atoms with E-state index in [2.05, 4.69) is 45.9 Å². The standard InChI is InChI=1S/C25H24O4/c1-28-23(26)9-5-17-3-7-19-13-25(15-21(19)11-17)14-20-8-4-18(12-22(20)16-25)6-10-24(27)29-2/h3-12H,13-16H2,1-2H3/b9-5-,10-6+. The second-order valence-corrected chi connectivity index (χ2v) is 7.98. The van der Waals surface area contributed by atoms with E-state index >= 15 is 0 Å². The Bertz CT molecular complexity index is 946. The fourth-order valence-corrected chi connectivity index (χ4v) is 4.63. The van der Waals surface area contributed by atoms with Crippen molar-refractivity contribution in [1.82, 2.24) is 0 Å². The van der Waals surface area contributed by atoms with Crippen molar-refractivity contribution in [3.63, 3.8) is 0 Å². The summed E-state index contributed by atoms with van der Waals surface area (Å²) in [7, 11) is 2.76. The summed E-state index contributed by atoms with van der Waals surface area (Å²) in [5, 5.41) is 0. The third-order valence-corrected chi connectivity index (χ3v) is 5.95. The molecule has 0 amide bonds. The Morgan fingerprint density at radius 1 is 0.724 bits per heavy atom. The monoisotopic (exact) mass is 388 g/mol. The third-order valence-electron chi connectivity index (χ3n) is 5.95. The number of carbonyl (C=O) groups is 2. The second-order valence-electron chi connectivity index (χ2n) is 7.98. The molecule has 0 saturated carbocycles. The number of hydrogen-bond acceptors (Lipinski definition) is 4. The average Bonchev–Trinajstić information content (AvgIpc) is 3.26. The zero-order valence-corrected chi connectivity index (χ0v) is 16.7. The zero-order chi connectivity index (χ0) is 20.4. The van der Waals surface area contributed by atoms with Crippen LogP contribution in [0.2, 0.25) is 0 Å². The molecule has 29 heavy (non-hydrogen) atoms. The van der Waals surface area contributed by atoms with Crippen molar-refractivity contribution in [2.75, 3.05) is 14.2 Å². The number of fused-ring (bicyclic) bond motifs is 2. The average molecular weight is 388 g/mol. The van der Waals surface area contributed by atoms with Crippen molar-refractivity contribution in [1.29, 1.82) is 0 Å². The lowest BCUT2D eigenvalue weighted by atomic mass is 9.82. The molecule has 0 radical (unpaired) electrons. The Balaban J connectivity index is 1.51. The number of rotatable bonds is 4. The smallest absolute Gasteiger partial charge is 0.330 e. The quantitative estimate of drug-likeness (QED) is 0.588. The molecule has 0 bridgehead atoms. The molecule has 0 aliphatic heterocycles. The summed E-state index contributed by atoms with van der Waals surface area (Å²) < 4.78 is 9.33. The number of hydrogen-bond donors (Lipinski definition) is 0. The fourth-order valence-electron chi connectivity index (χ4n) is 4.63. The van der Waals surface area contributed by atoms with Gasteiger partial charge in [0.15, 0.2) is 0 Å². The first-order valence-electron chi connectivity index (χ1n) is 9.76. The molecule has 0 aromatic heterocycles. The number of carbonyl (C=O) groups excluding carboxylic acids is 2. The fraction of sp³-hybridized carbons (Fsp3) is 0.280. The Kier molecular flexibility index (Phi) is 5.10. The minimum absolute atomic E-state index is 0.236. The second kappa shape index (κ2) is 7.70. The van der Waals surface area contributed by atoms with Crippen molar-refractivity contribution in [3.8, 4) is 0 Å². The van der Waals surface area contributed by atoms with E-state index in [1.807, 2.05) is 0 Å². The van der Waals surface area contributed by atoms with Gasteiger partial charge in [0.25, 0.3) is 0 Å². The highest BCUT2D eigenvalue weighted by molar-refractivity contribution is 5.87. The molecule has 0 heterocycles. The number of methoxy groups -OCH3 is 2. The van der Waals surface area contributed by atoms with Crippen LogP contribution in [0.3, 0.4) is 0 Å². The Morgan fingerprint density at radius 3 is 1.55 bits per heavy atom. The van der Waals surface area contributed by atoms with Gasteiger partial charge in [0.1, 0.15) is 0 Å². The van der Waals surface area contributed by atoms with Gasteiger partial charge < -0.3 is 9.47 Å². The SMILES string of the molecule is COC(=O)/C=C\c1ccc2c(c1)CC1(C2)Cc2ccc(/C=C/C(=O)OC)cc2C1. The predicted molar refractivity (Wildman–Crippen MR) is 112 cm³/mol. The lowest BCUT2D eigenvalue weighted by Crippen LogP contribution is -2.21. The van der Waals surface area contributed by atoms with E-state index in [0.717, 1.165) is 36.8 Å². The van der Waals surface area contributed by atoms with Crippen LogP contribution in [0.15, 0.2) is 48.6 Å². The topological polar surface area (TPSA) is 52.6 Å². The van der Waals surface area contributed by atoms with E-state index in [-0.39, 0.29) is 17.4 Å². The molecule has 4 nitrogen and oxygen atoms in total. The first kappa shape index (κ1) is 19.2. The molecule has 2 aliphatic carbocycles. The lowest BCUT2D eigenvalue weighted by molar-refractivity contribution is -0.135. The third kappa shape index (κ3) is 4.02. The highest BCUT2D eigenvalue weighted by atomic mass is 16.5. The summed E-state index contributed by atoms with van der Waals surface area (Å²) in [5.41, 5.74) is 7.83. The van der Waals surface area contributed by atoms with E-state index < -0.39 is 0 Å². The molecule has 0 N–H and O–H groups in total. The summed E-state index contributed by atoms with van der Waals surface area (Å²) in [5.74, 6) is -0.685. The first-order chi connectivity index (χ1) is 14.0. The lowest BCUT2D eigenvalue weighted by Gasteiger charge is -2.21. The number of benzene rings is 2. The minimum atomic E-state index is -0.342. The van der Waals surface area contributed by atoms with Gasteiger partial charge >= 0.3 is 11.9 Å². The molecule has 4 heteroatoms. The number of esters is 2. The van der Waals surface area contributed by atoms with Crippen LogP contribution in [0.5, 0.6) is 0 Å². The molecular weight excluding hydrogens is 364 g/mol. The van der Waals surface area contributed by atoms with Crippen molar-refractivity contribution in [2.45, 2.75) is 25.7 Å². The van der Waals surface area contributed by atoms with Gasteiger partial charge in [-0.15, -0.1) is 0 Å². The summed E-state index contributed by atoms with van der Waals surface area (Å²) in [4.78, 5) is 22.7. The normalized spacial score (nSPS) is 19.7. The van der Waals surface area contributed by atoms with Crippen molar-refractivity contribution < 1.29 is 19.1 Å². The highest BCUT2D eigenvalue weighted by Gasteiger charge is 2.41. The van der Waals surface area contributed by atoms with Gasteiger partial charge in [-0.1, -0.05) is 36.4 Å². The largest absolute Gasteiger partial charge is 0.466 e. The van der Waals surface area contributed by atoms with E-state index in [1.54, 1.807) is 12.2 Å². The van der Waals surface area contributed by atoms with Gasteiger partial charge in [-0.3, -0.25) is 0 Å². The van der Waals surface area contributed by atoms with E-state index in [0.29, 0.717) is 0 Å². The van der Waals surface area contributed by atoms with Crippen LogP contribution in [0.25, 0.3) is 12.2 Å². The Labute approximate surface area is 170 Å². The van der Waals surface area contributed by atoms with Crippen LogP contribution in [0.1, 0.15) is 33.4 Å². The molecule has 2 aliphatic rings. The van der Waals surface area contributed by atoms with Crippen molar-refractivity contribution >= 4 is 24.1 Å². The van der Waals surface area contributed by atoms with E-state index in [9.17, 15) is 9.59 Å². The molecule has 2 aromatic carbocycles. The van der Waals surface area contributed by atoms with Gasteiger partial charge in [-0.25, -0.2) is 9.59 Å². The van der Waals surface area contributed by atoms with Gasteiger partial charge in [-0.05, 0) is 76.6 Å². The highest BCUT2D eigenvalue weighted by Crippen LogP contribution is 2.47. The van der Waals surface area contributed by atoms with Gasteiger partial charge in [0, 0.05) is 12.2 Å². The van der Waals surface area contributed by atoms with Gasteiger partial charge in [0.05, 0.1) is 14.2 Å².